The zero-order chi connectivity index (χ0) is 12.5. The molecular formula is C12H26N2O3. The van der Waals surface area contributed by atoms with Gasteiger partial charge in [0.2, 0.25) is 0 Å². The van der Waals surface area contributed by atoms with Crippen molar-refractivity contribution in [3.05, 3.63) is 0 Å². The van der Waals surface area contributed by atoms with Crippen molar-refractivity contribution in [1.82, 2.24) is 10.2 Å². The third-order valence-electron chi connectivity index (χ3n) is 3.10. The van der Waals surface area contributed by atoms with Gasteiger partial charge < -0.3 is 19.5 Å². The Hall–Kier alpha value is -0.200. The summed E-state index contributed by atoms with van der Waals surface area (Å²) in [4.78, 5) is 2.42. The molecule has 1 rings (SSSR count). The fourth-order valence-electron chi connectivity index (χ4n) is 1.99. The molecule has 0 bridgehead atoms. The number of ether oxygens (including phenoxy) is 3. The summed E-state index contributed by atoms with van der Waals surface area (Å²) >= 11 is 0. The van der Waals surface area contributed by atoms with E-state index in [4.69, 9.17) is 14.2 Å². The smallest absolute Gasteiger partial charge is 0.0928 e. The number of hydrogen-bond donors (Lipinski definition) is 1. The van der Waals surface area contributed by atoms with Gasteiger partial charge in [-0.05, 0) is 6.54 Å². The molecule has 0 spiro atoms. The Labute approximate surface area is 104 Å². The highest BCUT2D eigenvalue weighted by Gasteiger charge is 2.19. The minimum absolute atomic E-state index is 0.117. The highest BCUT2D eigenvalue weighted by molar-refractivity contribution is 4.73. The highest BCUT2D eigenvalue weighted by Crippen LogP contribution is 2.03. The molecule has 1 heterocycles. The molecular weight excluding hydrogens is 220 g/mol. The van der Waals surface area contributed by atoms with Crippen LogP contribution in [-0.4, -0.2) is 77.3 Å². The highest BCUT2D eigenvalue weighted by atomic mass is 16.5. The number of morpholine rings is 1. The maximum atomic E-state index is 5.71. The van der Waals surface area contributed by atoms with Crippen LogP contribution in [0.1, 0.15) is 6.92 Å². The molecule has 0 saturated carbocycles. The Kier molecular flexibility index (Phi) is 7.72. The number of nitrogens with zero attached hydrogens (tertiary/aromatic N) is 1. The van der Waals surface area contributed by atoms with Crippen LogP contribution in [0.3, 0.4) is 0 Å². The van der Waals surface area contributed by atoms with Crippen molar-refractivity contribution in [2.24, 2.45) is 0 Å². The SMILES string of the molecule is CCN1CCOC(CNCC(COC)OC)C1. The monoisotopic (exact) mass is 246 g/mol. The largest absolute Gasteiger partial charge is 0.382 e. The number of likely N-dealkylation sites (N-methyl/N-ethyl adjacent to an activating group) is 1. The maximum absolute atomic E-state index is 5.71. The van der Waals surface area contributed by atoms with Gasteiger partial charge in [-0.15, -0.1) is 0 Å². The van der Waals surface area contributed by atoms with E-state index < -0.39 is 0 Å². The van der Waals surface area contributed by atoms with E-state index in [-0.39, 0.29) is 6.10 Å². The molecule has 5 nitrogen and oxygen atoms in total. The minimum atomic E-state index is 0.117. The second-order valence-corrected chi connectivity index (χ2v) is 4.36. The number of rotatable bonds is 8. The average molecular weight is 246 g/mol. The van der Waals surface area contributed by atoms with E-state index in [0.29, 0.717) is 12.7 Å². The predicted octanol–water partition coefficient (Wildman–Crippen LogP) is -0.0419. The molecule has 0 aromatic carbocycles. The number of nitrogens with one attached hydrogen (secondary N) is 1. The van der Waals surface area contributed by atoms with Gasteiger partial charge in [-0.25, -0.2) is 0 Å². The number of methoxy groups -OCH3 is 2. The first kappa shape index (κ1) is 14.9. The van der Waals surface area contributed by atoms with Crippen molar-refractivity contribution >= 4 is 0 Å². The van der Waals surface area contributed by atoms with Crippen LogP contribution in [0.15, 0.2) is 0 Å². The minimum Gasteiger partial charge on any atom is -0.382 e. The van der Waals surface area contributed by atoms with E-state index in [1.54, 1.807) is 14.2 Å². The van der Waals surface area contributed by atoms with Crippen molar-refractivity contribution < 1.29 is 14.2 Å². The van der Waals surface area contributed by atoms with Gasteiger partial charge in [0.05, 0.1) is 25.4 Å². The Morgan fingerprint density at radius 3 is 2.94 bits per heavy atom. The van der Waals surface area contributed by atoms with Crippen molar-refractivity contribution in [2.45, 2.75) is 19.1 Å². The van der Waals surface area contributed by atoms with E-state index >= 15 is 0 Å². The summed E-state index contributed by atoms with van der Waals surface area (Å²) in [6, 6.07) is 0. The van der Waals surface area contributed by atoms with Crippen LogP contribution in [0.25, 0.3) is 0 Å². The molecule has 1 N–H and O–H groups in total. The second-order valence-electron chi connectivity index (χ2n) is 4.36. The summed E-state index contributed by atoms with van der Waals surface area (Å²) in [5.74, 6) is 0. The number of hydrogen-bond acceptors (Lipinski definition) is 5. The van der Waals surface area contributed by atoms with Crippen molar-refractivity contribution in [3.8, 4) is 0 Å². The fourth-order valence-corrected chi connectivity index (χ4v) is 1.99. The lowest BCUT2D eigenvalue weighted by atomic mass is 10.2. The van der Waals surface area contributed by atoms with Gasteiger partial charge in [0.25, 0.3) is 0 Å². The van der Waals surface area contributed by atoms with Gasteiger partial charge in [0.15, 0.2) is 0 Å². The first-order valence-electron chi connectivity index (χ1n) is 6.36. The summed E-state index contributed by atoms with van der Waals surface area (Å²) in [5, 5.41) is 3.38. The van der Waals surface area contributed by atoms with Gasteiger partial charge in [0, 0.05) is 40.4 Å². The predicted molar refractivity (Wildman–Crippen MR) is 67.4 cm³/mol. The van der Waals surface area contributed by atoms with Crippen LogP contribution in [-0.2, 0) is 14.2 Å². The lowest BCUT2D eigenvalue weighted by Gasteiger charge is -2.32. The van der Waals surface area contributed by atoms with Crippen LogP contribution < -0.4 is 5.32 Å². The zero-order valence-corrected chi connectivity index (χ0v) is 11.3. The molecule has 1 aliphatic heterocycles. The maximum Gasteiger partial charge on any atom is 0.0928 e. The van der Waals surface area contributed by atoms with Gasteiger partial charge >= 0.3 is 0 Å². The molecule has 0 aliphatic carbocycles. The molecule has 1 aliphatic rings. The van der Waals surface area contributed by atoms with Crippen LogP contribution >= 0.6 is 0 Å². The summed E-state index contributed by atoms with van der Waals surface area (Å²) in [6.45, 7) is 8.50. The lowest BCUT2D eigenvalue weighted by Crippen LogP contribution is -2.47. The summed E-state index contributed by atoms with van der Waals surface area (Å²) < 4.78 is 16.1. The molecule has 2 atom stereocenters. The fraction of sp³-hybridized carbons (Fsp3) is 1.00. The van der Waals surface area contributed by atoms with Crippen molar-refractivity contribution in [3.63, 3.8) is 0 Å². The summed E-state index contributed by atoms with van der Waals surface area (Å²) in [5.41, 5.74) is 0. The summed E-state index contributed by atoms with van der Waals surface area (Å²) in [6.07, 6.45) is 0.412. The third-order valence-corrected chi connectivity index (χ3v) is 3.10. The first-order chi connectivity index (χ1) is 8.30. The Balaban J connectivity index is 2.12. The van der Waals surface area contributed by atoms with Crippen molar-refractivity contribution in [1.29, 1.82) is 0 Å². The Morgan fingerprint density at radius 2 is 2.29 bits per heavy atom. The second kappa shape index (κ2) is 8.83. The molecule has 0 aromatic heterocycles. The average Bonchev–Trinajstić information content (AvgIpc) is 2.38. The van der Waals surface area contributed by atoms with Crippen LogP contribution in [0.2, 0.25) is 0 Å². The van der Waals surface area contributed by atoms with E-state index in [1.807, 2.05) is 0 Å². The van der Waals surface area contributed by atoms with Crippen LogP contribution in [0.5, 0.6) is 0 Å². The topological polar surface area (TPSA) is 43.0 Å². The van der Waals surface area contributed by atoms with Crippen LogP contribution in [0, 0.1) is 0 Å². The molecule has 102 valence electrons. The van der Waals surface area contributed by atoms with Gasteiger partial charge in [-0.1, -0.05) is 6.92 Å². The zero-order valence-electron chi connectivity index (χ0n) is 11.3. The standard InChI is InChI=1S/C12H26N2O3/c1-4-14-5-6-17-11(9-14)7-13-8-12(16-3)10-15-2/h11-13H,4-10H2,1-3H3. The molecule has 0 amide bonds. The van der Waals surface area contributed by atoms with Gasteiger partial charge in [0.1, 0.15) is 0 Å². The van der Waals surface area contributed by atoms with E-state index in [1.165, 1.54) is 0 Å². The molecule has 1 saturated heterocycles. The van der Waals surface area contributed by atoms with Gasteiger partial charge in [-0.3, -0.25) is 4.90 Å². The summed E-state index contributed by atoms with van der Waals surface area (Å²) in [7, 11) is 3.40. The molecule has 1 fully saturated rings. The Morgan fingerprint density at radius 1 is 1.47 bits per heavy atom. The van der Waals surface area contributed by atoms with Crippen molar-refractivity contribution in [2.75, 3.05) is 60.2 Å². The molecule has 17 heavy (non-hydrogen) atoms. The molecule has 2 unspecified atom stereocenters. The Bertz CT molecular complexity index is 193. The van der Waals surface area contributed by atoms with E-state index in [9.17, 15) is 0 Å². The normalized spacial score (nSPS) is 23.8. The molecule has 5 heteroatoms. The molecule has 0 radical (unpaired) electrons. The van der Waals surface area contributed by atoms with E-state index in [2.05, 4.69) is 17.1 Å². The van der Waals surface area contributed by atoms with Gasteiger partial charge in [-0.2, -0.15) is 0 Å². The third kappa shape index (κ3) is 5.79. The lowest BCUT2D eigenvalue weighted by molar-refractivity contribution is -0.0283. The van der Waals surface area contributed by atoms with E-state index in [0.717, 1.165) is 39.3 Å². The van der Waals surface area contributed by atoms with Crippen LogP contribution in [0.4, 0.5) is 0 Å². The molecule has 0 aromatic rings. The first-order valence-corrected chi connectivity index (χ1v) is 6.36. The quantitative estimate of drug-likeness (QED) is 0.651.